The van der Waals surface area contributed by atoms with Gasteiger partial charge in [-0.15, -0.1) is 0 Å². The molecule has 1 heterocycles. The van der Waals surface area contributed by atoms with Gasteiger partial charge < -0.3 is 5.32 Å². The van der Waals surface area contributed by atoms with Gasteiger partial charge in [-0.2, -0.15) is 13.2 Å². The number of rotatable bonds is 3. The van der Waals surface area contributed by atoms with Crippen molar-refractivity contribution in [2.75, 3.05) is 5.32 Å². The van der Waals surface area contributed by atoms with E-state index in [2.05, 4.69) is 20.3 Å². The van der Waals surface area contributed by atoms with Gasteiger partial charge in [0.2, 0.25) is 5.52 Å². The maximum absolute atomic E-state index is 13.4. The Hall–Kier alpha value is -3.24. The highest BCUT2D eigenvalue weighted by Crippen LogP contribution is 2.36. The van der Waals surface area contributed by atoms with Gasteiger partial charge in [-0.1, -0.05) is 0 Å². The van der Waals surface area contributed by atoms with Crippen LogP contribution in [0.15, 0.2) is 35.0 Å². The van der Waals surface area contributed by atoms with Gasteiger partial charge in [-0.3, -0.25) is 10.1 Å². The van der Waals surface area contributed by atoms with Crippen molar-refractivity contribution >= 4 is 28.1 Å². The van der Waals surface area contributed by atoms with Gasteiger partial charge in [0.25, 0.3) is 0 Å². The third kappa shape index (κ3) is 2.83. The number of nitro benzene ring substituents is 1. The third-order valence-electron chi connectivity index (χ3n) is 3.09. The Labute approximate surface area is 130 Å². The van der Waals surface area contributed by atoms with Gasteiger partial charge in [-0.05, 0) is 40.6 Å². The summed E-state index contributed by atoms with van der Waals surface area (Å²) in [7, 11) is 0. The molecule has 3 aromatic rings. The van der Waals surface area contributed by atoms with Crippen molar-refractivity contribution in [3.05, 3.63) is 51.8 Å². The van der Waals surface area contributed by atoms with Crippen LogP contribution < -0.4 is 5.32 Å². The van der Waals surface area contributed by atoms with Crippen LogP contribution in [0, 0.1) is 15.9 Å². The van der Waals surface area contributed by atoms with Gasteiger partial charge in [0.05, 0.1) is 10.5 Å². The number of halogens is 4. The molecule has 0 unspecified atom stereocenters. The fourth-order valence-electron chi connectivity index (χ4n) is 2.10. The van der Waals surface area contributed by atoms with Gasteiger partial charge in [0.1, 0.15) is 17.0 Å². The molecule has 0 saturated carbocycles. The first-order valence-electron chi connectivity index (χ1n) is 6.30. The zero-order valence-corrected chi connectivity index (χ0v) is 11.5. The van der Waals surface area contributed by atoms with Gasteiger partial charge in [0.15, 0.2) is 0 Å². The molecule has 1 N–H and O–H groups in total. The second-order valence-electron chi connectivity index (χ2n) is 4.70. The number of hydrogen-bond donors (Lipinski definition) is 1. The average molecular weight is 342 g/mol. The Balaban J connectivity index is 2.09. The first kappa shape index (κ1) is 15.6. The van der Waals surface area contributed by atoms with Crippen LogP contribution in [0.5, 0.6) is 0 Å². The van der Waals surface area contributed by atoms with Gasteiger partial charge >= 0.3 is 11.9 Å². The topological polar surface area (TPSA) is 94.1 Å². The van der Waals surface area contributed by atoms with Crippen molar-refractivity contribution in [1.29, 1.82) is 0 Å². The van der Waals surface area contributed by atoms with Crippen LogP contribution in [0.2, 0.25) is 0 Å². The van der Waals surface area contributed by atoms with E-state index in [-0.39, 0.29) is 22.4 Å². The number of alkyl halides is 3. The van der Waals surface area contributed by atoms with Crippen molar-refractivity contribution in [1.82, 2.24) is 10.3 Å². The first-order chi connectivity index (χ1) is 11.3. The number of aromatic nitrogens is 2. The Kier molecular flexibility index (Phi) is 3.55. The van der Waals surface area contributed by atoms with Crippen LogP contribution in [-0.2, 0) is 6.18 Å². The summed E-state index contributed by atoms with van der Waals surface area (Å²) in [5.41, 5.74) is -2.34. The molecule has 0 spiro atoms. The molecule has 0 aliphatic carbocycles. The molecule has 3 rings (SSSR count). The molecule has 0 bridgehead atoms. The van der Waals surface area contributed by atoms with Crippen LogP contribution in [0.25, 0.3) is 11.0 Å². The summed E-state index contributed by atoms with van der Waals surface area (Å²) in [6, 6.07) is 4.28. The number of fused-ring (bicyclic) bond motifs is 1. The fourth-order valence-corrected chi connectivity index (χ4v) is 2.10. The van der Waals surface area contributed by atoms with E-state index < -0.39 is 28.2 Å². The Bertz CT molecular complexity index is 939. The third-order valence-corrected chi connectivity index (χ3v) is 3.09. The number of hydrogen-bond acceptors (Lipinski definition) is 6. The van der Waals surface area contributed by atoms with E-state index >= 15 is 0 Å². The Morgan fingerprint density at radius 3 is 2.58 bits per heavy atom. The number of anilines is 2. The molecule has 124 valence electrons. The van der Waals surface area contributed by atoms with Crippen LogP contribution in [0.1, 0.15) is 5.56 Å². The molecule has 0 aliphatic heterocycles. The SMILES string of the molecule is O=[N+]([O-])c1c(Nc2cc(F)cc(C(F)(F)F)c2)ccc2nonc12. The molecule has 0 amide bonds. The van der Waals surface area contributed by atoms with Crippen LogP contribution in [0.4, 0.5) is 34.6 Å². The zero-order chi connectivity index (χ0) is 17.5. The number of nitro groups is 1. The normalized spacial score (nSPS) is 11.7. The fraction of sp³-hybridized carbons (Fsp3) is 0.0769. The second-order valence-corrected chi connectivity index (χ2v) is 4.70. The zero-order valence-electron chi connectivity index (χ0n) is 11.5. The highest BCUT2D eigenvalue weighted by atomic mass is 19.4. The lowest BCUT2D eigenvalue weighted by atomic mass is 10.1. The molecular formula is C13H6F4N4O3. The summed E-state index contributed by atoms with van der Waals surface area (Å²) >= 11 is 0. The quantitative estimate of drug-likeness (QED) is 0.439. The minimum atomic E-state index is -4.76. The number of nitrogens with one attached hydrogen (secondary N) is 1. The number of nitrogens with zero attached hydrogens (tertiary/aromatic N) is 3. The van der Waals surface area contributed by atoms with E-state index in [0.717, 1.165) is 6.07 Å². The van der Waals surface area contributed by atoms with E-state index in [4.69, 9.17) is 0 Å². The molecular weight excluding hydrogens is 336 g/mol. The minimum absolute atomic E-state index is 0.0995. The maximum Gasteiger partial charge on any atom is 0.416 e. The van der Waals surface area contributed by atoms with Crippen LogP contribution in [0.3, 0.4) is 0 Å². The summed E-state index contributed by atoms with van der Waals surface area (Å²) in [5, 5.41) is 20.5. The second kappa shape index (κ2) is 5.44. The van der Waals surface area contributed by atoms with Gasteiger partial charge in [0, 0.05) is 5.69 Å². The van der Waals surface area contributed by atoms with Crippen LogP contribution >= 0.6 is 0 Å². The summed E-state index contributed by atoms with van der Waals surface area (Å²) in [4.78, 5) is 10.4. The molecule has 2 aromatic carbocycles. The van der Waals surface area contributed by atoms with Crippen molar-refractivity contribution in [2.45, 2.75) is 6.18 Å². The lowest BCUT2D eigenvalue weighted by Crippen LogP contribution is -2.06. The van der Waals surface area contributed by atoms with E-state index in [1.54, 1.807) is 0 Å². The smallest absolute Gasteiger partial charge is 0.350 e. The summed E-state index contributed by atoms with van der Waals surface area (Å²) in [6.45, 7) is 0. The molecule has 0 saturated heterocycles. The van der Waals surface area contributed by atoms with Crippen molar-refractivity contribution < 1.29 is 27.1 Å². The standard InChI is InChI=1S/C13H6F4N4O3/c14-7-3-6(13(15,16)17)4-8(5-7)18-10-2-1-9-11(20-24-19-9)12(10)21(22)23/h1-5,18H. The first-order valence-corrected chi connectivity index (χ1v) is 6.30. The molecule has 0 fully saturated rings. The molecule has 1 aromatic heterocycles. The monoisotopic (exact) mass is 342 g/mol. The summed E-state index contributed by atoms with van der Waals surface area (Å²) in [6.07, 6.45) is -4.76. The summed E-state index contributed by atoms with van der Waals surface area (Å²) in [5.74, 6) is -1.14. The predicted octanol–water partition coefficient (Wildman–Crippen LogP) is 4.03. The Morgan fingerprint density at radius 2 is 1.92 bits per heavy atom. The molecule has 24 heavy (non-hydrogen) atoms. The minimum Gasteiger partial charge on any atom is -0.350 e. The highest BCUT2D eigenvalue weighted by molar-refractivity contribution is 5.91. The number of benzene rings is 2. The van der Waals surface area contributed by atoms with Gasteiger partial charge in [-0.25, -0.2) is 9.02 Å². The summed E-state index contributed by atoms with van der Waals surface area (Å²) < 4.78 is 56.0. The lowest BCUT2D eigenvalue weighted by Gasteiger charge is -2.11. The molecule has 0 radical (unpaired) electrons. The highest BCUT2D eigenvalue weighted by Gasteiger charge is 2.31. The molecule has 11 heteroatoms. The van der Waals surface area contributed by atoms with Crippen molar-refractivity contribution in [2.24, 2.45) is 0 Å². The molecule has 0 atom stereocenters. The van der Waals surface area contributed by atoms with Crippen molar-refractivity contribution in [3.63, 3.8) is 0 Å². The predicted molar refractivity (Wildman–Crippen MR) is 73.1 cm³/mol. The molecule has 7 nitrogen and oxygen atoms in total. The maximum atomic E-state index is 13.4. The molecule has 0 aliphatic rings. The van der Waals surface area contributed by atoms with E-state index in [9.17, 15) is 27.7 Å². The van der Waals surface area contributed by atoms with Crippen molar-refractivity contribution in [3.8, 4) is 0 Å². The van der Waals surface area contributed by atoms with E-state index in [1.807, 2.05) is 0 Å². The average Bonchev–Trinajstić information content (AvgIpc) is 2.93. The van der Waals surface area contributed by atoms with E-state index in [1.165, 1.54) is 12.1 Å². The van der Waals surface area contributed by atoms with Crippen LogP contribution in [-0.4, -0.2) is 15.2 Å². The lowest BCUT2D eigenvalue weighted by molar-refractivity contribution is -0.382. The largest absolute Gasteiger partial charge is 0.416 e. The van der Waals surface area contributed by atoms with E-state index in [0.29, 0.717) is 12.1 Å². The Morgan fingerprint density at radius 1 is 1.17 bits per heavy atom.